The molecule has 150 valence electrons. The van der Waals surface area contributed by atoms with Crippen molar-refractivity contribution in [2.75, 3.05) is 65.7 Å². The number of aliphatic carboxylic acids is 4. The Hall–Kier alpha value is -2.28. The fourth-order valence-corrected chi connectivity index (χ4v) is 2.24. The molecule has 0 aromatic rings. The number of hydrogen-bond donors (Lipinski definition) is 5. The Labute approximate surface area is 149 Å². The highest BCUT2D eigenvalue weighted by molar-refractivity contribution is 5.73. The van der Waals surface area contributed by atoms with E-state index >= 15 is 0 Å². The number of carboxylic acid groups (broad SMARTS) is 4. The van der Waals surface area contributed by atoms with Gasteiger partial charge in [0.25, 0.3) is 0 Å². The van der Waals surface area contributed by atoms with Crippen molar-refractivity contribution in [3.8, 4) is 0 Å². The number of nitrogens with zero attached hydrogens (tertiary/aromatic N) is 1. The molecule has 12 heteroatoms. The van der Waals surface area contributed by atoms with Crippen molar-refractivity contribution in [1.82, 2.24) is 0 Å². The summed E-state index contributed by atoms with van der Waals surface area (Å²) < 4.78 is 9.80. The number of quaternary nitrogens is 2. The van der Waals surface area contributed by atoms with E-state index in [1.807, 2.05) is 0 Å². The highest BCUT2D eigenvalue weighted by Gasteiger charge is 2.35. The Morgan fingerprint density at radius 1 is 0.692 bits per heavy atom. The molecular formula is C14H26N2O10+2. The maximum atomic E-state index is 11.0. The summed E-state index contributed by atoms with van der Waals surface area (Å²) in [6.07, 6.45) is 0. The third-order valence-electron chi connectivity index (χ3n) is 3.28. The van der Waals surface area contributed by atoms with Crippen LogP contribution in [-0.4, -0.2) is 114 Å². The molecule has 0 aromatic heterocycles. The van der Waals surface area contributed by atoms with E-state index in [9.17, 15) is 19.2 Å². The molecule has 0 heterocycles. The van der Waals surface area contributed by atoms with Crippen LogP contribution in [0.25, 0.3) is 0 Å². The lowest BCUT2D eigenvalue weighted by Crippen LogP contribution is -2.86. The molecule has 0 rings (SSSR count). The molecular weight excluding hydrogens is 356 g/mol. The number of nitrogens with two attached hydrogens (primary N) is 1. The first-order valence-electron chi connectivity index (χ1n) is 7.86. The van der Waals surface area contributed by atoms with Crippen LogP contribution in [-0.2, 0) is 28.7 Å². The second-order valence-electron chi connectivity index (χ2n) is 5.62. The van der Waals surface area contributed by atoms with Crippen LogP contribution >= 0.6 is 0 Å². The summed E-state index contributed by atoms with van der Waals surface area (Å²) in [4.78, 5) is 43.2. The summed E-state index contributed by atoms with van der Waals surface area (Å²) in [6, 6.07) is 0. The Balaban J connectivity index is 4.19. The van der Waals surface area contributed by atoms with E-state index < -0.39 is 48.0 Å². The molecule has 0 spiro atoms. The average molecular weight is 382 g/mol. The lowest BCUT2D eigenvalue weighted by molar-refractivity contribution is -0.907. The summed E-state index contributed by atoms with van der Waals surface area (Å²) in [7, 11) is 0. The van der Waals surface area contributed by atoms with Gasteiger partial charge in [0, 0.05) is 0 Å². The van der Waals surface area contributed by atoms with Crippen LogP contribution in [0.15, 0.2) is 0 Å². The van der Waals surface area contributed by atoms with Crippen LogP contribution in [0.5, 0.6) is 0 Å². The summed E-state index contributed by atoms with van der Waals surface area (Å²) in [5.74, 6) is -4.81. The minimum Gasteiger partial charge on any atom is -0.477 e. The predicted octanol–water partition coefficient (Wildman–Crippen LogP) is -3.26. The smallest absolute Gasteiger partial charge is 0.359 e. The van der Waals surface area contributed by atoms with Gasteiger partial charge in [0.15, 0.2) is 26.2 Å². The molecule has 0 aliphatic heterocycles. The summed E-state index contributed by atoms with van der Waals surface area (Å²) in [5.41, 5.74) is 0. The van der Waals surface area contributed by atoms with Gasteiger partial charge in [-0.2, -0.15) is 0 Å². The fraction of sp³-hybridized carbons (Fsp3) is 0.714. The molecule has 0 unspecified atom stereocenters. The van der Waals surface area contributed by atoms with Gasteiger partial charge in [0.2, 0.25) is 0 Å². The summed E-state index contributed by atoms with van der Waals surface area (Å²) >= 11 is 0. The number of rotatable bonds is 17. The highest BCUT2D eigenvalue weighted by Crippen LogP contribution is 2.07. The molecule has 0 radical (unpaired) electrons. The molecule has 0 saturated carbocycles. The molecule has 0 fully saturated rings. The van der Waals surface area contributed by atoms with Crippen LogP contribution in [0.3, 0.4) is 0 Å². The zero-order chi connectivity index (χ0) is 20.0. The minimum atomic E-state index is -1.30. The normalized spacial score (nSPS) is 11.2. The van der Waals surface area contributed by atoms with Crippen molar-refractivity contribution in [2.24, 2.45) is 0 Å². The summed E-state index contributed by atoms with van der Waals surface area (Å²) in [5, 5.41) is 36.9. The van der Waals surface area contributed by atoms with E-state index in [1.165, 1.54) is 0 Å². The van der Waals surface area contributed by atoms with Gasteiger partial charge in [-0.3, -0.25) is 4.48 Å². The van der Waals surface area contributed by atoms with Gasteiger partial charge in [0.05, 0.1) is 33.0 Å². The van der Waals surface area contributed by atoms with Crippen molar-refractivity contribution in [1.29, 1.82) is 0 Å². The van der Waals surface area contributed by atoms with Crippen LogP contribution in [0.1, 0.15) is 0 Å². The second-order valence-corrected chi connectivity index (χ2v) is 5.62. The third kappa shape index (κ3) is 13.1. The predicted molar refractivity (Wildman–Crippen MR) is 83.6 cm³/mol. The lowest BCUT2D eigenvalue weighted by Gasteiger charge is -2.33. The Morgan fingerprint density at radius 3 is 1.58 bits per heavy atom. The standard InChI is InChI=1S/C14H24N2O10/c17-11(18)7-15-1-3-25-5-6-26-4-2-16(8-12(19)20,9-13(21)22)10-14(23)24/h15H,1-10H2,(H3-,17,18,19,20,21,22,23,24)/p+2. The van der Waals surface area contributed by atoms with Crippen molar-refractivity contribution >= 4 is 23.9 Å². The van der Waals surface area contributed by atoms with E-state index in [0.29, 0.717) is 13.2 Å². The number of carboxylic acids is 4. The van der Waals surface area contributed by atoms with Crippen LogP contribution in [0.4, 0.5) is 0 Å². The van der Waals surface area contributed by atoms with E-state index in [4.69, 9.17) is 29.9 Å². The third-order valence-corrected chi connectivity index (χ3v) is 3.28. The minimum absolute atomic E-state index is 0.0255. The van der Waals surface area contributed by atoms with Gasteiger partial charge < -0.3 is 35.2 Å². The highest BCUT2D eigenvalue weighted by atomic mass is 16.5. The van der Waals surface area contributed by atoms with Crippen LogP contribution in [0.2, 0.25) is 0 Å². The molecule has 0 aliphatic rings. The van der Waals surface area contributed by atoms with E-state index in [2.05, 4.69) is 0 Å². The molecule has 12 nitrogen and oxygen atoms in total. The molecule has 6 N–H and O–H groups in total. The van der Waals surface area contributed by atoms with Gasteiger partial charge in [0.1, 0.15) is 6.54 Å². The monoisotopic (exact) mass is 382 g/mol. The van der Waals surface area contributed by atoms with E-state index in [0.717, 1.165) is 0 Å². The quantitative estimate of drug-likeness (QED) is 0.126. The number of ether oxygens (including phenoxy) is 2. The Bertz CT molecular complexity index is 442. The zero-order valence-corrected chi connectivity index (χ0v) is 14.3. The Kier molecular flexibility index (Phi) is 11.9. The van der Waals surface area contributed by atoms with Crippen molar-refractivity contribution in [2.45, 2.75) is 0 Å². The van der Waals surface area contributed by atoms with Crippen LogP contribution < -0.4 is 5.32 Å². The van der Waals surface area contributed by atoms with Gasteiger partial charge in [-0.1, -0.05) is 0 Å². The number of carbonyl (C=O) groups is 4. The first-order chi connectivity index (χ1) is 12.2. The molecule has 0 atom stereocenters. The first-order valence-corrected chi connectivity index (χ1v) is 7.86. The van der Waals surface area contributed by atoms with Crippen LogP contribution in [0, 0.1) is 0 Å². The SMILES string of the molecule is O=C(O)C[NH2+]CCOCCOCC[N+](CC(=O)O)(CC(=O)O)CC(=O)O. The molecule has 0 saturated heterocycles. The van der Waals surface area contributed by atoms with Gasteiger partial charge >= 0.3 is 23.9 Å². The van der Waals surface area contributed by atoms with Gasteiger partial charge in [-0.25, -0.2) is 19.2 Å². The lowest BCUT2D eigenvalue weighted by atomic mass is 10.3. The molecule has 0 aromatic carbocycles. The van der Waals surface area contributed by atoms with Gasteiger partial charge in [-0.05, 0) is 0 Å². The maximum absolute atomic E-state index is 11.0. The van der Waals surface area contributed by atoms with Crippen molar-refractivity contribution in [3.05, 3.63) is 0 Å². The first kappa shape index (κ1) is 23.7. The molecule has 0 bridgehead atoms. The van der Waals surface area contributed by atoms with E-state index in [-0.39, 0.29) is 32.9 Å². The van der Waals surface area contributed by atoms with Crippen molar-refractivity contribution in [3.63, 3.8) is 0 Å². The van der Waals surface area contributed by atoms with Gasteiger partial charge in [-0.15, -0.1) is 0 Å². The zero-order valence-electron chi connectivity index (χ0n) is 14.3. The number of hydrogen-bond acceptors (Lipinski definition) is 6. The topological polar surface area (TPSA) is 184 Å². The molecule has 26 heavy (non-hydrogen) atoms. The fourth-order valence-electron chi connectivity index (χ4n) is 2.24. The second kappa shape index (κ2) is 13.0. The molecule has 0 amide bonds. The Morgan fingerprint density at radius 2 is 1.15 bits per heavy atom. The maximum Gasteiger partial charge on any atom is 0.359 e. The van der Waals surface area contributed by atoms with Crippen molar-refractivity contribution < 1.29 is 58.9 Å². The largest absolute Gasteiger partial charge is 0.477 e. The summed E-state index contributed by atoms with van der Waals surface area (Å²) in [6.45, 7) is -0.899. The van der Waals surface area contributed by atoms with E-state index in [1.54, 1.807) is 5.32 Å². The average Bonchev–Trinajstić information content (AvgIpc) is 2.46. The molecule has 0 aliphatic carbocycles.